The Morgan fingerprint density at radius 2 is 2.14 bits per heavy atom. The van der Waals surface area contributed by atoms with E-state index in [-0.39, 0.29) is 0 Å². The number of hydrogen-bond donors (Lipinski definition) is 1. The largest absolute Gasteiger partial charge is 0.330 e. The quantitative estimate of drug-likeness (QED) is 0.812. The van der Waals surface area contributed by atoms with Crippen molar-refractivity contribution < 1.29 is 0 Å². The van der Waals surface area contributed by atoms with Gasteiger partial charge in [-0.2, -0.15) is 0 Å². The molecule has 0 unspecified atom stereocenters. The highest BCUT2D eigenvalue weighted by Crippen LogP contribution is 2.24. The van der Waals surface area contributed by atoms with Crippen LogP contribution in [0.2, 0.25) is 5.02 Å². The van der Waals surface area contributed by atoms with Gasteiger partial charge in [0.15, 0.2) is 0 Å². The minimum absolute atomic E-state index is 0.398. The van der Waals surface area contributed by atoms with Crippen LogP contribution in [0.15, 0.2) is 18.2 Å². The number of rotatable bonds is 4. The van der Waals surface area contributed by atoms with E-state index in [1.54, 1.807) is 0 Å². The van der Waals surface area contributed by atoms with Crippen LogP contribution in [0.1, 0.15) is 37.3 Å². The molecule has 2 heteroatoms. The molecule has 0 amide bonds. The highest BCUT2D eigenvalue weighted by Gasteiger charge is 2.09. The van der Waals surface area contributed by atoms with E-state index in [4.69, 9.17) is 17.3 Å². The van der Waals surface area contributed by atoms with Gasteiger partial charge in [0.1, 0.15) is 0 Å². The minimum Gasteiger partial charge on any atom is -0.330 e. The summed E-state index contributed by atoms with van der Waals surface area (Å²) in [6.45, 7) is 5.01. The second-order valence-corrected chi connectivity index (χ2v) is 4.17. The van der Waals surface area contributed by atoms with Crippen LogP contribution in [-0.4, -0.2) is 6.54 Å². The Hall–Kier alpha value is -0.530. The lowest BCUT2D eigenvalue weighted by atomic mass is 9.93. The predicted octanol–water partition coefficient (Wildman–Crippen LogP) is 3.35. The van der Waals surface area contributed by atoms with E-state index < -0.39 is 0 Å². The third kappa shape index (κ3) is 2.73. The number of hydrogen-bond acceptors (Lipinski definition) is 1. The Kier molecular flexibility index (Phi) is 4.43. The van der Waals surface area contributed by atoms with E-state index in [9.17, 15) is 0 Å². The first-order valence-electron chi connectivity index (χ1n) is 5.17. The van der Waals surface area contributed by atoms with Crippen LogP contribution in [0.25, 0.3) is 0 Å². The summed E-state index contributed by atoms with van der Waals surface area (Å²) in [5.41, 5.74) is 8.37. The van der Waals surface area contributed by atoms with Crippen molar-refractivity contribution in [1.82, 2.24) is 0 Å². The van der Waals surface area contributed by atoms with Crippen molar-refractivity contribution in [3.8, 4) is 0 Å². The summed E-state index contributed by atoms with van der Waals surface area (Å²) in [6, 6.07) is 6.12. The van der Waals surface area contributed by atoms with Gasteiger partial charge in [0.05, 0.1) is 0 Å². The first-order valence-corrected chi connectivity index (χ1v) is 5.55. The average molecular weight is 212 g/mol. The molecule has 1 nitrogen and oxygen atoms in total. The highest BCUT2D eigenvalue weighted by molar-refractivity contribution is 6.30. The lowest BCUT2D eigenvalue weighted by Gasteiger charge is -2.14. The second kappa shape index (κ2) is 5.38. The van der Waals surface area contributed by atoms with Gasteiger partial charge in [-0.15, -0.1) is 0 Å². The van der Waals surface area contributed by atoms with Crippen molar-refractivity contribution in [2.24, 2.45) is 5.73 Å². The predicted molar refractivity (Wildman–Crippen MR) is 62.9 cm³/mol. The van der Waals surface area contributed by atoms with Gasteiger partial charge in [0.25, 0.3) is 0 Å². The second-order valence-electron chi connectivity index (χ2n) is 3.73. The smallest absolute Gasteiger partial charge is 0.0409 e. The van der Waals surface area contributed by atoms with E-state index >= 15 is 0 Å². The molecule has 2 N–H and O–H groups in total. The Balaban J connectivity index is 3.02. The van der Waals surface area contributed by atoms with Crippen molar-refractivity contribution >= 4 is 11.6 Å². The normalized spacial score (nSPS) is 12.9. The van der Waals surface area contributed by atoms with E-state index in [0.717, 1.165) is 17.9 Å². The van der Waals surface area contributed by atoms with Crippen molar-refractivity contribution in [2.75, 3.05) is 6.54 Å². The van der Waals surface area contributed by atoms with Crippen LogP contribution in [0.3, 0.4) is 0 Å². The van der Waals surface area contributed by atoms with E-state index in [2.05, 4.69) is 19.9 Å². The first kappa shape index (κ1) is 11.5. The monoisotopic (exact) mass is 211 g/mol. The number of halogens is 1. The zero-order valence-corrected chi connectivity index (χ0v) is 9.64. The molecule has 0 aliphatic carbocycles. The molecule has 0 spiro atoms. The van der Waals surface area contributed by atoms with Gasteiger partial charge < -0.3 is 5.73 Å². The zero-order valence-electron chi connectivity index (χ0n) is 8.89. The molecule has 0 aromatic heterocycles. The van der Waals surface area contributed by atoms with E-state index in [1.807, 2.05) is 12.1 Å². The van der Waals surface area contributed by atoms with Gasteiger partial charge in [-0.05, 0) is 42.1 Å². The average Bonchev–Trinajstić information content (AvgIpc) is 2.20. The lowest BCUT2D eigenvalue weighted by Crippen LogP contribution is -2.11. The van der Waals surface area contributed by atoms with Crippen LogP contribution < -0.4 is 5.73 Å². The third-order valence-corrected chi connectivity index (χ3v) is 2.75. The van der Waals surface area contributed by atoms with Gasteiger partial charge in [-0.1, -0.05) is 37.9 Å². The minimum atomic E-state index is 0.398. The van der Waals surface area contributed by atoms with Crippen molar-refractivity contribution in [2.45, 2.75) is 32.6 Å². The first-order chi connectivity index (χ1) is 6.69. The zero-order chi connectivity index (χ0) is 10.6. The van der Waals surface area contributed by atoms with Crippen LogP contribution in [0.4, 0.5) is 0 Å². The van der Waals surface area contributed by atoms with Gasteiger partial charge in [-0.25, -0.2) is 0 Å². The summed E-state index contributed by atoms with van der Waals surface area (Å²) in [6.07, 6.45) is 2.27. The Labute approximate surface area is 91.3 Å². The maximum Gasteiger partial charge on any atom is 0.0409 e. The molecule has 1 aromatic rings. The molecule has 1 rings (SSSR count). The number of benzene rings is 1. The molecule has 0 aliphatic rings. The summed E-state index contributed by atoms with van der Waals surface area (Å²) in [5.74, 6) is 0.398. The van der Waals surface area contributed by atoms with Crippen molar-refractivity contribution in [3.05, 3.63) is 34.3 Å². The fourth-order valence-electron chi connectivity index (χ4n) is 1.65. The van der Waals surface area contributed by atoms with E-state index in [0.29, 0.717) is 12.5 Å². The van der Waals surface area contributed by atoms with Crippen LogP contribution in [0, 0.1) is 0 Å². The summed E-state index contributed by atoms with van der Waals surface area (Å²) in [5, 5.41) is 0.806. The van der Waals surface area contributed by atoms with Gasteiger partial charge >= 0.3 is 0 Å². The molecule has 0 fully saturated rings. The Bertz CT molecular complexity index is 296. The standard InChI is InChI=1S/C12H18ClN/c1-3-4-10-5-6-11(13)7-12(10)9(2)8-14/h5-7,9H,3-4,8,14H2,1-2H3/t9-/m0/s1. The third-order valence-electron chi connectivity index (χ3n) is 2.51. The molecule has 0 aliphatic heterocycles. The Morgan fingerprint density at radius 1 is 1.43 bits per heavy atom. The molecule has 14 heavy (non-hydrogen) atoms. The van der Waals surface area contributed by atoms with Crippen molar-refractivity contribution in [1.29, 1.82) is 0 Å². The fourth-order valence-corrected chi connectivity index (χ4v) is 1.83. The van der Waals surface area contributed by atoms with Gasteiger partial charge in [0.2, 0.25) is 0 Å². The summed E-state index contributed by atoms with van der Waals surface area (Å²) in [4.78, 5) is 0. The SMILES string of the molecule is CCCc1ccc(Cl)cc1[C@@H](C)CN. The summed E-state index contributed by atoms with van der Waals surface area (Å²) < 4.78 is 0. The molecule has 0 saturated heterocycles. The summed E-state index contributed by atoms with van der Waals surface area (Å²) >= 11 is 5.98. The summed E-state index contributed by atoms with van der Waals surface area (Å²) in [7, 11) is 0. The molecule has 0 heterocycles. The molecule has 78 valence electrons. The molecule has 0 bridgehead atoms. The van der Waals surface area contributed by atoms with Crippen molar-refractivity contribution in [3.63, 3.8) is 0 Å². The molecular weight excluding hydrogens is 194 g/mol. The molecule has 1 aromatic carbocycles. The van der Waals surface area contributed by atoms with Crippen LogP contribution in [0.5, 0.6) is 0 Å². The van der Waals surface area contributed by atoms with Crippen LogP contribution in [-0.2, 0) is 6.42 Å². The van der Waals surface area contributed by atoms with Gasteiger partial charge in [-0.3, -0.25) is 0 Å². The number of nitrogens with two attached hydrogens (primary N) is 1. The molecular formula is C12H18ClN. The number of aryl methyl sites for hydroxylation is 1. The van der Waals surface area contributed by atoms with Crippen LogP contribution >= 0.6 is 11.6 Å². The molecule has 0 saturated carbocycles. The fraction of sp³-hybridized carbons (Fsp3) is 0.500. The maximum atomic E-state index is 5.98. The molecule has 0 radical (unpaired) electrons. The van der Waals surface area contributed by atoms with E-state index in [1.165, 1.54) is 11.1 Å². The maximum absolute atomic E-state index is 5.98. The Morgan fingerprint density at radius 3 is 2.71 bits per heavy atom. The lowest BCUT2D eigenvalue weighted by molar-refractivity contribution is 0.754. The topological polar surface area (TPSA) is 26.0 Å². The van der Waals surface area contributed by atoms with Gasteiger partial charge in [0, 0.05) is 5.02 Å². The highest BCUT2D eigenvalue weighted by atomic mass is 35.5. The molecule has 1 atom stereocenters.